The van der Waals surface area contributed by atoms with E-state index >= 15 is 4.39 Å². The molecule has 1 heterocycles. The first-order chi connectivity index (χ1) is 17.2. The lowest BCUT2D eigenvalue weighted by Crippen LogP contribution is -2.23. The van der Waals surface area contributed by atoms with Crippen LogP contribution in [0.1, 0.15) is 67.8 Å². The van der Waals surface area contributed by atoms with Gasteiger partial charge in [0.05, 0.1) is 13.0 Å². The second kappa shape index (κ2) is 15.4. The number of halogens is 1. The number of ether oxygens (including phenoxy) is 1. The van der Waals surface area contributed by atoms with Crippen LogP contribution in [0.2, 0.25) is 0 Å². The first-order valence-corrected chi connectivity index (χ1v) is 12.8. The molecule has 1 aromatic carbocycles. The molecule has 4 N–H and O–H groups in total. The standard InChI is InChI=1S/C27H42FN5O3/c1-5-6-9-22(12-14-34)31-26-23(19(2)30-27(29)32-26)18-21-11-10-20(16-24(21)28)17-25(35)36-15-8-7-13-33(3)4/h10-11,16,22,34H,5-9,12-15,17-18H2,1-4H3,(H3,29,30,31,32)/t22-/m0/s1. The molecule has 0 aliphatic heterocycles. The van der Waals surface area contributed by atoms with E-state index in [1.165, 1.54) is 6.07 Å². The molecule has 8 nitrogen and oxygen atoms in total. The van der Waals surface area contributed by atoms with Crippen LogP contribution in [0.4, 0.5) is 16.2 Å². The minimum absolute atomic E-state index is 0.0297. The Morgan fingerprint density at radius 3 is 2.67 bits per heavy atom. The molecule has 0 aliphatic carbocycles. The number of nitrogens with zero attached hydrogens (tertiary/aromatic N) is 3. The van der Waals surface area contributed by atoms with Crippen LogP contribution in [-0.2, 0) is 22.4 Å². The Hall–Kier alpha value is -2.78. The molecule has 2 rings (SSSR count). The summed E-state index contributed by atoms with van der Waals surface area (Å²) in [5.74, 6) is -0.0430. The van der Waals surface area contributed by atoms with Crippen LogP contribution < -0.4 is 11.1 Å². The van der Waals surface area contributed by atoms with Crippen LogP contribution in [0.25, 0.3) is 0 Å². The van der Waals surface area contributed by atoms with E-state index in [0.717, 1.165) is 44.2 Å². The lowest BCUT2D eigenvalue weighted by Gasteiger charge is -2.21. The first kappa shape index (κ1) is 29.5. The summed E-state index contributed by atoms with van der Waals surface area (Å²) < 4.78 is 20.3. The highest BCUT2D eigenvalue weighted by molar-refractivity contribution is 5.72. The van der Waals surface area contributed by atoms with Crippen molar-refractivity contribution in [1.29, 1.82) is 0 Å². The van der Waals surface area contributed by atoms with E-state index in [1.54, 1.807) is 12.1 Å². The van der Waals surface area contributed by atoms with Gasteiger partial charge in [-0.25, -0.2) is 9.37 Å². The summed E-state index contributed by atoms with van der Waals surface area (Å²) in [7, 11) is 4.01. The second-order valence-corrected chi connectivity index (χ2v) is 9.50. The highest BCUT2D eigenvalue weighted by atomic mass is 19.1. The van der Waals surface area contributed by atoms with Crippen LogP contribution in [0.5, 0.6) is 0 Å². The molecule has 0 fully saturated rings. The van der Waals surface area contributed by atoms with Gasteiger partial charge in [-0.05, 0) is 70.4 Å². The Morgan fingerprint density at radius 1 is 1.22 bits per heavy atom. The maximum Gasteiger partial charge on any atom is 0.310 e. The topological polar surface area (TPSA) is 114 Å². The first-order valence-electron chi connectivity index (χ1n) is 12.8. The number of hydrogen-bond donors (Lipinski definition) is 3. The maximum atomic E-state index is 15.0. The van der Waals surface area contributed by atoms with Gasteiger partial charge in [-0.2, -0.15) is 4.98 Å². The Labute approximate surface area is 214 Å². The molecule has 1 aromatic heterocycles. The van der Waals surface area contributed by atoms with E-state index in [9.17, 15) is 9.90 Å². The minimum atomic E-state index is -0.397. The largest absolute Gasteiger partial charge is 0.465 e. The molecular formula is C27H42FN5O3. The number of rotatable bonds is 16. The molecular weight excluding hydrogens is 461 g/mol. The third kappa shape index (κ3) is 10.1. The number of nitrogens with one attached hydrogen (secondary N) is 1. The number of anilines is 2. The number of aliphatic hydroxyl groups is 1. The summed E-state index contributed by atoms with van der Waals surface area (Å²) >= 11 is 0. The van der Waals surface area contributed by atoms with Gasteiger partial charge in [0.25, 0.3) is 0 Å². The lowest BCUT2D eigenvalue weighted by atomic mass is 10.00. The van der Waals surface area contributed by atoms with Gasteiger partial charge in [0.15, 0.2) is 0 Å². The SMILES string of the molecule is CCCC[C@@H](CCO)Nc1nc(N)nc(C)c1Cc1ccc(CC(=O)OCCCCN(C)C)cc1F. The van der Waals surface area contributed by atoms with Gasteiger partial charge in [-0.15, -0.1) is 0 Å². The van der Waals surface area contributed by atoms with Crippen molar-refractivity contribution in [3.05, 3.63) is 46.4 Å². The number of nitrogens with two attached hydrogens (primary N) is 1. The van der Waals surface area contributed by atoms with E-state index in [1.807, 2.05) is 21.0 Å². The molecule has 36 heavy (non-hydrogen) atoms. The predicted molar refractivity (Wildman–Crippen MR) is 141 cm³/mol. The van der Waals surface area contributed by atoms with Crippen molar-refractivity contribution in [2.75, 3.05) is 44.9 Å². The van der Waals surface area contributed by atoms with Crippen LogP contribution in [0.3, 0.4) is 0 Å². The fraction of sp³-hybridized carbons (Fsp3) is 0.593. The van der Waals surface area contributed by atoms with E-state index in [0.29, 0.717) is 35.7 Å². The van der Waals surface area contributed by atoms with Gasteiger partial charge in [0, 0.05) is 30.3 Å². The number of unbranched alkanes of at least 4 members (excludes halogenated alkanes) is 2. The van der Waals surface area contributed by atoms with Crippen molar-refractivity contribution in [1.82, 2.24) is 14.9 Å². The normalized spacial score (nSPS) is 12.1. The molecule has 200 valence electrons. The fourth-order valence-corrected chi connectivity index (χ4v) is 4.01. The summed E-state index contributed by atoms with van der Waals surface area (Å²) in [5.41, 5.74) is 8.37. The molecule has 0 saturated heterocycles. The lowest BCUT2D eigenvalue weighted by molar-refractivity contribution is -0.142. The number of hydrogen-bond acceptors (Lipinski definition) is 8. The van der Waals surface area contributed by atoms with Crippen molar-refractivity contribution in [3.63, 3.8) is 0 Å². The number of aromatic nitrogens is 2. The monoisotopic (exact) mass is 503 g/mol. The van der Waals surface area contributed by atoms with Crippen LogP contribution in [-0.4, -0.2) is 65.8 Å². The van der Waals surface area contributed by atoms with Crippen molar-refractivity contribution in [2.45, 2.75) is 71.3 Å². The number of carbonyl (C=O) groups excluding carboxylic acids is 1. The van der Waals surface area contributed by atoms with Gasteiger partial charge in [0.2, 0.25) is 5.95 Å². The van der Waals surface area contributed by atoms with Gasteiger partial charge < -0.3 is 25.8 Å². The highest BCUT2D eigenvalue weighted by Crippen LogP contribution is 2.25. The predicted octanol–water partition coefficient (Wildman–Crippen LogP) is 3.88. The van der Waals surface area contributed by atoms with Crippen molar-refractivity contribution in [2.24, 2.45) is 0 Å². The Balaban J connectivity index is 2.08. The molecule has 0 bridgehead atoms. The number of nitrogen functional groups attached to an aromatic ring is 1. The van der Waals surface area contributed by atoms with Crippen molar-refractivity contribution in [3.8, 4) is 0 Å². The molecule has 9 heteroatoms. The zero-order chi connectivity index (χ0) is 26.5. The highest BCUT2D eigenvalue weighted by Gasteiger charge is 2.18. The molecule has 0 amide bonds. The summed E-state index contributed by atoms with van der Waals surface area (Å²) in [5, 5.41) is 12.9. The van der Waals surface area contributed by atoms with Crippen molar-refractivity contribution >= 4 is 17.7 Å². The van der Waals surface area contributed by atoms with E-state index in [2.05, 4.69) is 27.1 Å². The average Bonchev–Trinajstić information content (AvgIpc) is 2.80. The van der Waals surface area contributed by atoms with Gasteiger partial charge in [-0.1, -0.05) is 31.9 Å². The van der Waals surface area contributed by atoms with Crippen molar-refractivity contribution < 1.29 is 19.0 Å². The molecule has 0 radical (unpaired) electrons. The molecule has 0 spiro atoms. The quantitative estimate of drug-likeness (QED) is 0.234. The van der Waals surface area contributed by atoms with Gasteiger partial charge in [-0.3, -0.25) is 4.79 Å². The third-order valence-corrected chi connectivity index (χ3v) is 6.05. The number of benzene rings is 1. The van der Waals surface area contributed by atoms with Crippen LogP contribution >= 0.6 is 0 Å². The van der Waals surface area contributed by atoms with E-state index < -0.39 is 5.82 Å². The van der Waals surface area contributed by atoms with Gasteiger partial charge in [0.1, 0.15) is 11.6 Å². The minimum Gasteiger partial charge on any atom is -0.465 e. The van der Waals surface area contributed by atoms with E-state index in [4.69, 9.17) is 10.5 Å². The third-order valence-electron chi connectivity index (χ3n) is 6.05. The Kier molecular flexibility index (Phi) is 12.6. The number of carbonyl (C=O) groups is 1. The fourth-order valence-electron chi connectivity index (χ4n) is 4.01. The number of aliphatic hydroxyl groups excluding tert-OH is 1. The summed E-state index contributed by atoms with van der Waals surface area (Å²) in [6, 6.07) is 4.86. The average molecular weight is 504 g/mol. The summed E-state index contributed by atoms with van der Waals surface area (Å²) in [4.78, 5) is 22.9. The number of aryl methyl sites for hydroxylation is 1. The Bertz CT molecular complexity index is 971. The molecule has 2 aromatic rings. The zero-order valence-electron chi connectivity index (χ0n) is 22.1. The van der Waals surface area contributed by atoms with Crippen LogP contribution in [0, 0.1) is 12.7 Å². The zero-order valence-corrected chi connectivity index (χ0v) is 22.1. The second-order valence-electron chi connectivity index (χ2n) is 9.50. The summed E-state index contributed by atoms with van der Waals surface area (Å²) in [6.07, 6.45) is 5.58. The molecule has 0 saturated carbocycles. The smallest absolute Gasteiger partial charge is 0.310 e. The molecule has 0 unspecified atom stereocenters. The maximum absolute atomic E-state index is 15.0. The molecule has 0 aliphatic rings. The van der Waals surface area contributed by atoms with E-state index in [-0.39, 0.29) is 37.4 Å². The Morgan fingerprint density at radius 2 is 2.00 bits per heavy atom. The molecule has 1 atom stereocenters. The number of esters is 1. The van der Waals surface area contributed by atoms with Crippen LogP contribution in [0.15, 0.2) is 18.2 Å². The van der Waals surface area contributed by atoms with Gasteiger partial charge >= 0.3 is 5.97 Å². The summed E-state index contributed by atoms with van der Waals surface area (Å²) in [6.45, 7) is 5.32.